The fraction of sp³-hybridized carbons (Fsp3) is 1.00. The summed E-state index contributed by atoms with van der Waals surface area (Å²) in [7, 11) is 0. The predicted octanol–water partition coefficient (Wildman–Crippen LogP) is 1.14. The van der Waals surface area contributed by atoms with E-state index in [1.165, 1.54) is 39.1 Å². The zero-order valence-corrected chi connectivity index (χ0v) is 10.6. The molecule has 1 aliphatic heterocycles. The summed E-state index contributed by atoms with van der Waals surface area (Å²) in [6.07, 6.45) is 2.39. The first-order chi connectivity index (χ1) is 7.10. The molecule has 3 nitrogen and oxygen atoms in total. The van der Waals surface area contributed by atoms with Crippen molar-refractivity contribution in [3.63, 3.8) is 0 Å². The molecule has 90 valence electrons. The molecule has 0 spiro atoms. The van der Waals surface area contributed by atoms with Crippen LogP contribution in [0.2, 0.25) is 0 Å². The molecule has 15 heavy (non-hydrogen) atoms. The first-order valence-corrected chi connectivity index (χ1v) is 6.27. The molecule has 0 aromatic carbocycles. The minimum Gasteiger partial charge on any atom is -0.330 e. The molecule has 0 radical (unpaired) electrons. The van der Waals surface area contributed by atoms with Gasteiger partial charge in [-0.15, -0.1) is 0 Å². The zero-order chi connectivity index (χ0) is 11.3. The van der Waals surface area contributed by atoms with E-state index in [-0.39, 0.29) is 0 Å². The fourth-order valence-electron chi connectivity index (χ4n) is 2.48. The highest BCUT2D eigenvalue weighted by atomic mass is 15.3. The van der Waals surface area contributed by atoms with Crippen LogP contribution in [0.5, 0.6) is 0 Å². The molecule has 0 saturated carbocycles. The average Bonchev–Trinajstić information content (AvgIpc) is 2.18. The Morgan fingerprint density at radius 1 is 1.20 bits per heavy atom. The average molecular weight is 213 g/mol. The molecule has 1 saturated heterocycles. The maximum atomic E-state index is 5.55. The third kappa shape index (κ3) is 3.74. The molecular weight excluding hydrogens is 186 g/mol. The Hall–Kier alpha value is -0.120. The van der Waals surface area contributed by atoms with Crippen molar-refractivity contribution < 1.29 is 0 Å². The van der Waals surface area contributed by atoms with E-state index in [2.05, 4.69) is 30.6 Å². The summed E-state index contributed by atoms with van der Waals surface area (Å²) in [6.45, 7) is 13.8. The summed E-state index contributed by atoms with van der Waals surface area (Å²) in [6, 6.07) is 0. The predicted molar refractivity (Wildman–Crippen MR) is 66.1 cm³/mol. The van der Waals surface area contributed by atoms with Gasteiger partial charge in [-0.05, 0) is 46.3 Å². The first kappa shape index (κ1) is 12.9. The summed E-state index contributed by atoms with van der Waals surface area (Å²) in [5.41, 5.74) is 5.89. The molecule has 2 N–H and O–H groups in total. The Morgan fingerprint density at radius 2 is 1.93 bits per heavy atom. The topological polar surface area (TPSA) is 32.5 Å². The van der Waals surface area contributed by atoms with Crippen molar-refractivity contribution in [1.29, 1.82) is 0 Å². The van der Waals surface area contributed by atoms with Crippen molar-refractivity contribution >= 4 is 0 Å². The SMILES string of the molecule is CCCN1CCN(CCCN)CC1(C)C. The summed E-state index contributed by atoms with van der Waals surface area (Å²) < 4.78 is 0. The van der Waals surface area contributed by atoms with Crippen molar-refractivity contribution in [2.45, 2.75) is 39.2 Å². The summed E-state index contributed by atoms with van der Waals surface area (Å²) >= 11 is 0. The minimum absolute atomic E-state index is 0.336. The van der Waals surface area contributed by atoms with Gasteiger partial charge in [0.15, 0.2) is 0 Å². The second kappa shape index (κ2) is 5.83. The molecule has 0 amide bonds. The molecule has 0 aromatic rings. The van der Waals surface area contributed by atoms with Gasteiger partial charge in [0.2, 0.25) is 0 Å². The molecule has 0 aromatic heterocycles. The molecular formula is C12H27N3. The molecule has 1 heterocycles. The largest absolute Gasteiger partial charge is 0.330 e. The van der Waals surface area contributed by atoms with Gasteiger partial charge in [0, 0.05) is 25.2 Å². The van der Waals surface area contributed by atoms with Crippen LogP contribution in [0.25, 0.3) is 0 Å². The third-order valence-corrected chi connectivity index (χ3v) is 3.32. The molecule has 0 atom stereocenters. The third-order valence-electron chi connectivity index (χ3n) is 3.32. The van der Waals surface area contributed by atoms with Gasteiger partial charge in [0.25, 0.3) is 0 Å². The molecule has 0 aliphatic carbocycles. The number of hydrogen-bond acceptors (Lipinski definition) is 3. The number of rotatable bonds is 5. The van der Waals surface area contributed by atoms with Crippen LogP contribution >= 0.6 is 0 Å². The lowest BCUT2D eigenvalue weighted by Crippen LogP contribution is -2.59. The Balaban J connectivity index is 2.41. The standard InChI is InChI=1S/C12H27N3/c1-4-7-15-10-9-14(8-5-6-13)11-12(15,2)3/h4-11,13H2,1-3H3. The highest BCUT2D eigenvalue weighted by Gasteiger charge is 2.32. The smallest absolute Gasteiger partial charge is 0.0280 e. The van der Waals surface area contributed by atoms with Crippen LogP contribution in [-0.4, -0.2) is 54.6 Å². The molecule has 1 rings (SSSR count). The lowest BCUT2D eigenvalue weighted by molar-refractivity contribution is 0.0199. The van der Waals surface area contributed by atoms with Crippen molar-refractivity contribution in [1.82, 2.24) is 9.80 Å². The Bertz CT molecular complexity index is 180. The van der Waals surface area contributed by atoms with Crippen LogP contribution in [0.1, 0.15) is 33.6 Å². The quantitative estimate of drug-likeness (QED) is 0.743. The normalized spacial score (nSPS) is 23.2. The fourth-order valence-corrected chi connectivity index (χ4v) is 2.48. The summed E-state index contributed by atoms with van der Waals surface area (Å²) in [5, 5.41) is 0. The zero-order valence-electron chi connectivity index (χ0n) is 10.6. The van der Waals surface area contributed by atoms with Crippen LogP contribution in [-0.2, 0) is 0 Å². The second-order valence-electron chi connectivity index (χ2n) is 5.22. The Labute approximate surface area is 94.6 Å². The van der Waals surface area contributed by atoms with Gasteiger partial charge in [-0.25, -0.2) is 0 Å². The molecule has 0 bridgehead atoms. The van der Waals surface area contributed by atoms with Gasteiger partial charge < -0.3 is 10.6 Å². The van der Waals surface area contributed by atoms with Crippen LogP contribution in [0, 0.1) is 0 Å². The highest BCUT2D eigenvalue weighted by molar-refractivity contribution is 4.89. The number of nitrogens with zero attached hydrogens (tertiary/aromatic N) is 2. The number of nitrogens with two attached hydrogens (primary N) is 1. The van der Waals surface area contributed by atoms with Gasteiger partial charge >= 0.3 is 0 Å². The van der Waals surface area contributed by atoms with E-state index in [1.807, 2.05) is 0 Å². The summed E-state index contributed by atoms with van der Waals surface area (Å²) in [4.78, 5) is 5.17. The van der Waals surface area contributed by atoms with Crippen LogP contribution in [0.4, 0.5) is 0 Å². The van der Waals surface area contributed by atoms with Gasteiger partial charge in [-0.1, -0.05) is 6.92 Å². The monoisotopic (exact) mass is 213 g/mol. The highest BCUT2D eigenvalue weighted by Crippen LogP contribution is 2.20. The van der Waals surface area contributed by atoms with Gasteiger partial charge in [-0.3, -0.25) is 4.90 Å². The van der Waals surface area contributed by atoms with Crippen LogP contribution in [0.3, 0.4) is 0 Å². The second-order valence-corrected chi connectivity index (χ2v) is 5.22. The summed E-state index contributed by atoms with van der Waals surface area (Å²) in [5.74, 6) is 0. The lowest BCUT2D eigenvalue weighted by Gasteiger charge is -2.47. The Kier molecular flexibility index (Phi) is 5.03. The van der Waals surface area contributed by atoms with E-state index < -0.39 is 0 Å². The van der Waals surface area contributed by atoms with E-state index in [9.17, 15) is 0 Å². The molecule has 1 fully saturated rings. The van der Waals surface area contributed by atoms with E-state index in [0.717, 1.165) is 13.0 Å². The maximum absolute atomic E-state index is 5.55. The van der Waals surface area contributed by atoms with Crippen LogP contribution < -0.4 is 5.73 Å². The van der Waals surface area contributed by atoms with Gasteiger partial charge in [-0.2, -0.15) is 0 Å². The lowest BCUT2D eigenvalue weighted by atomic mass is 9.98. The first-order valence-electron chi connectivity index (χ1n) is 6.27. The van der Waals surface area contributed by atoms with Crippen LogP contribution in [0.15, 0.2) is 0 Å². The molecule has 0 unspecified atom stereocenters. The van der Waals surface area contributed by atoms with E-state index in [4.69, 9.17) is 5.73 Å². The minimum atomic E-state index is 0.336. The van der Waals surface area contributed by atoms with Crippen molar-refractivity contribution in [3.05, 3.63) is 0 Å². The van der Waals surface area contributed by atoms with Gasteiger partial charge in [0.1, 0.15) is 0 Å². The molecule has 3 heteroatoms. The molecule has 1 aliphatic rings. The number of piperazine rings is 1. The Morgan fingerprint density at radius 3 is 2.47 bits per heavy atom. The van der Waals surface area contributed by atoms with Crippen molar-refractivity contribution in [3.8, 4) is 0 Å². The van der Waals surface area contributed by atoms with Crippen molar-refractivity contribution in [2.75, 3.05) is 39.3 Å². The van der Waals surface area contributed by atoms with Crippen molar-refractivity contribution in [2.24, 2.45) is 5.73 Å². The van der Waals surface area contributed by atoms with E-state index in [1.54, 1.807) is 0 Å². The van der Waals surface area contributed by atoms with E-state index >= 15 is 0 Å². The maximum Gasteiger partial charge on any atom is 0.0280 e. The van der Waals surface area contributed by atoms with E-state index in [0.29, 0.717) is 5.54 Å². The van der Waals surface area contributed by atoms with Gasteiger partial charge in [0.05, 0.1) is 0 Å². The number of hydrogen-bond donors (Lipinski definition) is 1.